The van der Waals surface area contributed by atoms with Crippen LogP contribution in [0.25, 0.3) is 0 Å². The zero-order valence-corrected chi connectivity index (χ0v) is 13.9. The van der Waals surface area contributed by atoms with Gasteiger partial charge in [-0.2, -0.15) is 0 Å². The first-order chi connectivity index (χ1) is 11.2. The van der Waals surface area contributed by atoms with E-state index >= 15 is 0 Å². The molecule has 1 N–H and O–H groups in total. The van der Waals surface area contributed by atoms with Crippen molar-refractivity contribution in [3.05, 3.63) is 39.7 Å². The van der Waals surface area contributed by atoms with Crippen molar-refractivity contribution in [2.45, 2.75) is 19.4 Å². The normalized spacial score (nSPS) is 16.6. The minimum absolute atomic E-state index is 0.291. The third-order valence-corrected chi connectivity index (χ3v) is 4.41. The first-order valence-corrected chi connectivity index (χ1v) is 8.24. The van der Waals surface area contributed by atoms with Gasteiger partial charge < -0.3 is 14.9 Å². The molecule has 1 atom stereocenters. The number of amides is 1. The van der Waals surface area contributed by atoms with E-state index < -0.39 is 6.10 Å². The number of anilines is 1. The lowest BCUT2D eigenvalue weighted by Crippen LogP contribution is -2.28. The molecule has 120 valence electrons. The molecule has 2 aromatic rings. The predicted molar refractivity (Wildman–Crippen MR) is 89.4 cm³/mol. The molecule has 0 bridgehead atoms. The van der Waals surface area contributed by atoms with Gasteiger partial charge in [0.2, 0.25) is 12.0 Å². The number of nitrogens with zero attached hydrogens (tertiary/aromatic N) is 2. The number of hydrogen-bond donors (Lipinski definition) is 1. The molecule has 0 saturated carbocycles. The van der Waals surface area contributed by atoms with Crippen molar-refractivity contribution in [1.29, 1.82) is 0 Å². The maximum absolute atomic E-state index is 12.3. The van der Waals surface area contributed by atoms with Crippen LogP contribution in [0, 0.1) is 0 Å². The van der Waals surface area contributed by atoms with Crippen LogP contribution < -0.4 is 10.1 Å². The van der Waals surface area contributed by atoms with Crippen molar-refractivity contribution in [3.63, 3.8) is 0 Å². The summed E-state index contributed by atoms with van der Waals surface area (Å²) in [6.07, 6.45) is 1.32. The summed E-state index contributed by atoms with van der Waals surface area (Å²) in [5, 5.41) is 6.75. The minimum atomic E-state index is -0.680. The van der Waals surface area contributed by atoms with E-state index in [0.717, 1.165) is 10.6 Å². The van der Waals surface area contributed by atoms with E-state index in [9.17, 15) is 4.79 Å². The fourth-order valence-electron chi connectivity index (χ4n) is 2.08. The summed E-state index contributed by atoms with van der Waals surface area (Å²) in [6, 6.07) is 7.11. The number of halogens is 1. The zero-order chi connectivity index (χ0) is 16.2. The SMILES string of the molecule is CCOc1ncccc1NC(=O)[C@H]1CC(c2ccc(Cl)s2)=NO1. The second-order valence-electron chi connectivity index (χ2n) is 4.72. The lowest BCUT2D eigenvalue weighted by atomic mass is 10.1. The maximum Gasteiger partial charge on any atom is 0.268 e. The van der Waals surface area contributed by atoms with Crippen LogP contribution in [-0.2, 0) is 9.63 Å². The zero-order valence-electron chi connectivity index (χ0n) is 12.3. The number of rotatable bonds is 5. The van der Waals surface area contributed by atoms with Gasteiger partial charge in [0, 0.05) is 12.6 Å². The van der Waals surface area contributed by atoms with E-state index in [1.807, 2.05) is 13.0 Å². The van der Waals surface area contributed by atoms with Gasteiger partial charge in [-0.05, 0) is 31.2 Å². The summed E-state index contributed by atoms with van der Waals surface area (Å²) < 4.78 is 6.06. The van der Waals surface area contributed by atoms with Gasteiger partial charge in [0.1, 0.15) is 11.4 Å². The number of hydrogen-bond acceptors (Lipinski definition) is 6. The van der Waals surface area contributed by atoms with Gasteiger partial charge in [0.15, 0.2) is 0 Å². The third kappa shape index (κ3) is 3.62. The highest BCUT2D eigenvalue weighted by Gasteiger charge is 2.30. The molecule has 3 heterocycles. The van der Waals surface area contributed by atoms with Crippen molar-refractivity contribution in [2.24, 2.45) is 5.16 Å². The molecule has 23 heavy (non-hydrogen) atoms. The Kier molecular flexibility index (Phi) is 4.78. The number of thiophene rings is 1. The number of carbonyl (C=O) groups excluding carboxylic acids is 1. The first-order valence-electron chi connectivity index (χ1n) is 7.04. The largest absolute Gasteiger partial charge is 0.476 e. The van der Waals surface area contributed by atoms with E-state index in [-0.39, 0.29) is 5.91 Å². The van der Waals surface area contributed by atoms with Gasteiger partial charge in [-0.15, -0.1) is 11.3 Å². The predicted octanol–water partition coefficient (Wildman–Crippen LogP) is 3.33. The highest BCUT2D eigenvalue weighted by atomic mass is 35.5. The second kappa shape index (κ2) is 6.97. The summed E-state index contributed by atoms with van der Waals surface area (Å²) in [4.78, 5) is 22.6. The second-order valence-corrected chi connectivity index (χ2v) is 6.43. The Hall–Kier alpha value is -2.12. The Morgan fingerprint density at radius 3 is 3.13 bits per heavy atom. The Morgan fingerprint density at radius 2 is 2.39 bits per heavy atom. The van der Waals surface area contributed by atoms with Crippen LogP contribution in [0.4, 0.5) is 5.69 Å². The van der Waals surface area contributed by atoms with Crippen LogP contribution in [0.5, 0.6) is 5.88 Å². The quantitative estimate of drug-likeness (QED) is 0.896. The molecule has 2 aromatic heterocycles. The van der Waals surface area contributed by atoms with Gasteiger partial charge in [-0.3, -0.25) is 4.79 Å². The summed E-state index contributed by atoms with van der Waals surface area (Å²) >= 11 is 7.32. The van der Waals surface area contributed by atoms with Gasteiger partial charge in [-0.25, -0.2) is 4.98 Å². The molecule has 0 aromatic carbocycles. The summed E-state index contributed by atoms with van der Waals surface area (Å²) in [7, 11) is 0. The molecule has 0 aliphatic carbocycles. The molecular formula is C15H14ClN3O3S. The van der Waals surface area contributed by atoms with E-state index in [4.69, 9.17) is 21.2 Å². The average Bonchev–Trinajstić information content (AvgIpc) is 3.18. The molecule has 0 radical (unpaired) electrons. The van der Waals surface area contributed by atoms with Crippen LogP contribution in [0.3, 0.4) is 0 Å². The fourth-order valence-corrected chi connectivity index (χ4v) is 3.12. The van der Waals surface area contributed by atoms with Crippen molar-refractivity contribution < 1.29 is 14.4 Å². The van der Waals surface area contributed by atoms with E-state index in [0.29, 0.717) is 28.9 Å². The molecule has 0 unspecified atom stereocenters. The van der Waals surface area contributed by atoms with E-state index in [1.54, 1.807) is 24.4 Å². The molecule has 0 saturated heterocycles. The molecule has 1 aliphatic heterocycles. The van der Waals surface area contributed by atoms with Crippen LogP contribution in [0.2, 0.25) is 4.34 Å². The van der Waals surface area contributed by atoms with Crippen molar-refractivity contribution in [3.8, 4) is 5.88 Å². The Bertz CT molecular complexity index is 747. The molecule has 8 heteroatoms. The smallest absolute Gasteiger partial charge is 0.268 e. The fraction of sp³-hybridized carbons (Fsp3) is 0.267. The molecule has 0 spiro atoms. The minimum Gasteiger partial charge on any atom is -0.476 e. The molecule has 6 nitrogen and oxygen atoms in total. The van der Waals surface area contributed by atoms with Crippen LogP contribution in [0.15, 0.2) is 35.6 Å². The number of aromatic nitrogens is 1. The van der Waals surface area contributed by atoms with E-state index in [2.05, 4.69) is 15.5 Å². The number of pyridine rings is 1. The number of oxime groups is 1. The molecule has 0 fully saturated rings. The molecule has 3 rings (SSSR count). The van der Waals surface area contributed by atoms with Gasteiger partial charge in [-0.1, -0.05) is 16.8 Å². The van der Waals surface area contributed by atoms with Gasteiger partial charge in [0.05, 0.1) is 15.8 Å². The number of carbonyl (C=O) groups is 1. The summed E-state index contributed by atoms with van der Waals surface area (Å²) in [6.45, 7) is 2.32. The van der Waals surface area contributed by atoms with Crippen molar-refractivity contribution >= 4 is 40.2 Å². The monoisotopic (exact) mass is 351 g/mol. The van der Waals surface area contributed by atoms with Crippen molar-refractivity contribution in [1.82, 2.24) is 4.98 Å². The Balaban J connectivity index is 1.64. The van der Waals surface area contributed by atoms with Gasteiger partial charge in [0.25, 0.3) is 5.91 Å². The third-order valence-electron chi connectivity index (χ3n) is 3.13. The first kappa shape index (κ1) is 15.8. The average molecular weight is 352 g/mol. The highest BCUT2D eigenvalue weighted by molar-refractivity contribution is 7.18. The van der Waals surface area contributed by atoms with E-state index in [1.165, 1.54) is 11.3 Å². The lowest BCUT2D eigenvalue weighted by Gasteiger charge is -2.12. The molecular weight excluding hydrogens is 338 g/mol. The Labute approximate surface area is 142 Å². The summed E-state index contributed by atoms with van der Waals surface area (Å²) in [5.41, 5.74) is 1.23. The Morgan fingerprint density at radius 1 is 1.52 bits per heavy atom. The van der Waals surface area contributed by atoms with Crippen LogP contribution in [-0.4, -0.2) is 29.3 Å². The molecule has 1 amide bonds. The number of nitrogens with one attached hydrogen (secondary N) is 1. The lowest BCUT2D eigenvalue weighted by molar-refractivity contribution is -0.125. The summed E-state index contributed by atoms with van der Waals surface area (Å²) in [5.74, 6) is 0.0906. The van der Waals surface area contributed by atoms with Crippen LogP contribution in [0.1, 0.15) is 18.2 Å². The number of ether oxygens (including phenoxy) is 1. The standard InChI is InChI=1S/C15H14ClN3O3S/c1-2-21-15-9(4-3-7-17-15)18-14(20)11-8-10(19-22-11)12-5-6-13(16)23-12/h3-7,11H,2,8H2,1H3,(H,18,20)/t11-/m1/s1. The maximum atomic E-state index is 12.3. The van der Waals surface area contributed by atoms with Gasteiger partial charge >= 0.3 is 0 Å². The highest BCUT2D eigenvalue weighted by Crippen LogP contribution is 2.27. The topological polar surface area (TPSA) is 72.8 Å². The van der Waals surface area contributed by atoms with Crippen LogP contribution >= 0.6 is 22.9 Å². The van der Waals surface area contributed by atoms with Crippen molar-refractivity contribution in [2.75, 3.05) is 11.9 Å². The molecule has 1 aliphatic rings.